The zero-order valence-corrected chi connectivity index (χ0v) is 16.3. The summed E-state index contributed by atoms with van der Waals surface area (Å²) in [6.45, 7) is 4.85. The topological polar surface area (TPSA) is 77.0 Å². The van der Waals surface area contributed by atoms with Crippen LogP contribution < -0.4 is 14.3 Å². The highest BCUT2D eigenvalue weighted by molar-refractivity contribution is 9.10. The molecule has 8 heteroatoms. The molecule has 0 aliphatic heterocycles. The Morgan fingerprint density at radius 1 is 1.08 bits per heavy atom. The van der Waals surface area contributed by atoms with E-state index in [4.69, 9.17) is 9.47 Å². The monoisotopic (exact) mass is 426 g/mol. The van der Waals surface area contributed by atoms with Gasteiger partial charge in [0.05, 0.1) is 28.8 Å². The Morgan fingerprint density at radius 3 is 2.36 bits per heavy atom. The van der Waals surface area contributed by atoms with Gasteiger partial charge in [-0.15, -0.1) is 0 Å². The lowest BCUT2D eigenvalue weighted by atomic mass is 10.2. The van der Waals surface area contributed by atoms with Crippen molar-refractivity contribution >= 4 is 32.2 Å². The van der Waals surface area contributed by atoms with Crippen molar-refractivity contribution in [1.29, 1.82) is 0 Å². The molecule has 0 fully saturated rings. The summed E-state index contributed by atoms with van der Waals surface area (Å²) < 4.78 is 35.9. The van der Waals surface area contributed by atoms with Crippen LogP contribution in [0, 0.1) is 0 Å². The van der Waals surface area contributed by atoms with Gasteiger partial charge >= 0.3 is 0 Å². The van der Waals surface area contributed by atoms with Crippen LogP contribution in [0.15, 0.2) is 56.9 Å². The Hall–Kier alpha value is -2.06. The van der Waals surface area contributed by atoms with Crippen LogP contribution in [-0.2, 0) is 10.0 Å². The molecule has 6 nitrogen and oxygen atoms in total. The smallest absolute Gasteiger partial charge is 0.276 e. The fourth-order valence-corrected chi connectivity index (χ4v) is 3.28. The Balaban J connectivity index is 2.05. The average Bonchev–Trinajstić information content (AvgIpc) is 2.58. The van der Waals surface area contributed by atoms with Crippen LogP contribution in [0.4, 0.5) is 0 Å². The van der Waals surface area contributed by atoms with E-state index in [1.807, 2.05) is 13.8 Å². The standard InChI is InChI=1S/C17H19BrN2O4S/c1-3-23-14-6-8-15(9-7-14)25(21,22)20-19-12-13-5-10-17(24-4-2)16(18)11-13/h5-12,20H,3-4H2,1-2H3/b19-12+. The maximum atomic E-state index is 12.2. The van der Waals surface area contributed by atoms with Crippen molar-refractivity contribution < 1.29 is 17.9 Å². The molecule has 2 aromatic rings. The van der Waals surface area contributed by atoms with Crippen molar-refractivity contribution in [2.75, 3.05) is 13.2 Å². The summed E-state index contributed by atoms with van der Waals surface area (Å²) in [7, 11) is -3.73. The van der Waals surface area contributed by atoms with E-state index in [1.165, 1.54) is 18.3 Å². The van der Waals surface area contributed by atoms with Crippen molar-refractivity contribution in [3.63, 3.8) is 0 Å². The second-order valence-corrected chi connectivity index (χ2v) is 7.40. The first-order valence-corrected chi connectivity index (χ1v) is 9.94. The van der Waals surface area contributed by atoms with Gasteiger partial charge < -0.3 is 9.47 Å². The molecule has 0 radical (unpaired) electrons. The van der Waals surface area contributed by atoms with Gasteiger partial charge in [-0.25, -0.2) is 4.83 Å². The number of hydrazone groups is 1. The van der Waals surface area contributed by atoms with Gasteiger partial charge in [-0.1, -0.05) is 0 Å². The summed E-state index contributed by atoms with van der Waals surface area (Å²) in [5, 5.41) is 3.81. The zero-order valence-electron chi connectivity index (χ0n) is 13.9. The highest BCUT2D eigenvalue weighted by atomic mass is 79.9. The van der Waals surface area contributed by atoms with Crippen LogP contribution in [0.3, 0.4) is 0 Å². The minimum Gasteiger partial charge on any atom is -0.494 e. The van der Waals surface area contributed by atoms with Crippen molar-refractivity contribution in [2.45, 2.75) is 18.7 Å². The molecule has 0 spiro atoms. The van der Waals surface area contributed by atoms with E-state index in [-0.39, 0.29) is 4.90 Å². The van der Waals surface area contributed by atoms with Crippen LogP contribution in [0.5, 0.6) is 11.5 Å². The quantitative estimate of drug-likeness (QED) is 0.516. The summed E-state index contributed by atoms with van der Waals surface area (Å²) in [4.78, 5) is 2.30. The van der Waals surface area contributed by atoms with Crippen LogP contribution in [0.1, 0.15) is 19.4 Å². The Labute approximate surface area is 156 Å². The van der Waals surface area contributed by atoms with E-state index in [0.717, 1.165) is 15.8 Å². The molecule has 0 heterocycles. The predicted octanol–water partition coefficient (Wildman–Crippen LogP) is 3.56. The average molecular weight is 427 g/mol. The van der Waals surface area contributed by atoms with Crippen LogP contribution in [0.25, 0.3) is 0 Å². The number of nitrogens with zero attached hydrogens (tertiary/aromatic N) is 1. The lowest BCUT2D eigenvalue weighted by Gasteiger charge is -2.07. The van der Waals surface area contributed by atoms with Crippen molar-refractivity contribution in [2.24, 2.45) is 5.10 Å². The highest BCUT2D eigenvalue weighted by Gasteiger charge is 2.12. The van der Waals surface area contributed by atoms with Crippen molar-refractivity contribution in [1.82, 2.24) is 4.83 Å². The Bertz CT molecular complexity index is 836. The number of sulfonamides is 1. The van der Waals surface area contributed by atoms with Crippen molar-refractivity contribution in [3.05, 3.63) is 52.5 Å². The molecule has 2 aromatic carbocycles. The normalized spacial score (nSPS) is 11.5. The number of ether oxygens (including phenoxy) is 2. The van der Waals surface area contributed by atoms with E-state index >= 15 is 0 Å². The third-order valence-corrected chi connectivity index (χ3v) is 4.95. The van der Waals surface area contributed by atoms with Crippen LogP contribution in [0.2, 0.25) is 0 Å². The minimum atomic E-state index is -3.73. The number of hydrogen-bond donors (Lipinski definition) is 1. The zero-order chi connectivity index (χ0) is 18.3. The summed E-state index contributed by atoms with van der Waals surface area (Å²) in [6.07, 6.45) is 1.42. The molecule has 0 bridgehead atoms. The van der Waals surface area contributed by atoms with Gasteiger partial charge in [-0.05, 0) is 77.8 Å². The first-order valence-electron chi connectivity index (χ1n) is 7.66. The fourth-order valence-electron chi connectivity index (χ4n) is 1.97. The molecule has 0 amide bonds. The summed E-state index contributed by atoms with van der Waals surface area (Å²) in [6, 6.07) is 11.5. The second kappa shape index (κ2) is 8.87. The molecule has 25 heavy (non-hydrogen) atoms. The summed E-state index contributed by atoms with van der Waals surface area (Å²) >= 11 is 3.40. The van der Waals surface area contributed by atoms with Crippen LogP contribution >= 0.6 is 15.9 Å². The molecule has 0 aliphatic rings. The molecule has 0 saturated heterocycles. The molecule has 0 aliphatic carbocycles. The Kier molecular flexibility index (Phi) is 6.83. The molecule has 2 rings (SSSR count). The van der Waals surface area contributed by atoms with E-state index in [9.17, 15) is 8.42 Å². The number of nitrogens with one attached hydrogen (secondary N) is 1. The van der Waals surface area contributed by atoms with Gasteiger partial charge in [-0.3, -0.25) is 0 Å². The lowest BCUT2D eigenvalue weighted by Crippen LogP contribution is -2.18. The molecule has 0 unspecified atom stereocenters. The predicted molar refractivity (Wildman–Crippen MR) is 101 cm³/mol. The van der Waals surface area contributed by atoms with Gasteiger partial charge in [0, 0.05) is 0 Å². The number of halogens is 1. The van der Waals surface area contributed by atoms with E-state index in [0.29, 0.717) is 19.0 Å². The molecule has 0 saturated carbocycles. The molecular formula is C17H19BrN2O4S. The van der Waals surface area contributed by atoms with Gasteiger partial charge in [0.25, 0.3) is 10.0 Å². The largest absolute Gasteiger partial charge is 0.494 e. The SMILES string of the molecule is CCOc1ccc(S(=O)(=O)N/N=C/c2ccc(OCC)c(Br)c2)cc1. The highest BCUT2D eigenvalue weighted by Crippen LogP contribution is 2.25. The van der Waals surface area contributed by atoms with E-state index < -0.39 is 10.0 Å². The first-order chi connectivity index (χ1) is 12.0. The lowest BCUT2D eigenvalue weighted by molar-refractivity contribution is 0.338. The fraction of sp³-hybridized carbons (Fsp3) is 0.235. The number of hydrogen-bond acceptors (Lipinski definition) is 5. The molecule has 1 N–H and O–H groups in total. The number of rotatable bonds is 8. The van der Waals surface area contributed by atoms with Gasteiger partial charge in [-0.2, -0.15) is 13.5 Å². The minimum absolute atomic E-state index is 0.112. The van der Waals surface area contributed by atoms with Gasteiger partial charge in [0.2, 0.25) is 0 Å². The van der Waals surface area contributed by atoms with E-state index in [1.54, 1.807) is 30.3 Å². The van der Waals surface area contributed by atoms with E-state index in [2.05, 4.69) is 25.9 Å². The van der Waals surface area contributed by atoms with Gasteiger partial charge in [0.15, 0.2) is 0 Å². The third kappa shape index (κ3) is 5.47. The molecule has 134 valence electrons. The third-order valence-electron chi connectivity index (χ3n) is 3.09. The van der Waals surface area contributed by atoms with Gasteiger partial charge in [0.1, 0.15) is 11.5 Å². The summed E-state index contributed by atoms with van der Waals surface area (Å²) in [5.41, 5.74) is 0.727. The number of benzene rings is 2. The second-order valence-electron chi connectivity index (χ2n) is 4.88. The molecule has 0 aromatic heterocycles. The van der Waals surface area contributed by atoms with Crippen LogP contribution in [-0.4, -0.2) is 27.8 Å². The molecule has 0 atom stereocenters. The maximum Gasteiger partial charge on any atom is 0.276 e. The Morgan fingerprint density at radius 2 is 1.76 bits per heavy atom. The maximum absolute atomic E-state index is 12.2. The summed E-state index contributed by atoms with van der Waals surface area (Å²) in [5.74, 6) is 1.33. The first kappa shape index (κ1) is 19.3. The van der Waals surface area contributed by atoms with Crippen molar-refractivity contribution in [3.8, 4) is 11.5 Å². The molecular weight excluding hydrogens is 408 g/mol.